The van der Waals surface area contributed by atoms with Crippen molar-refractivity contribution < 1.29 is 132 Å². The zero-order valence-corrected chi connectivity index (χ0v) is 79.7. The molecule has 6 aromatic rings. The zero-order valence-electron chi connectivity index (χ0n) is 78.2. The average molecular weight is 1960 g/mol. The lowest BCUT2D eigenvalue weighted by Gasteiger charge is -2.54. The van der Waals surface area contributed by atoms with Crippen LogP contribution in [-0.4, -0.2) is 231 Å². The molecule has 37 nitrogen and oxygen atoms in total. The van der Waals surface area contributed by atoms with Crippen molar-refractivity contribution in [1.29, 1.82) is 0 Å². The van der Waals surface area contributed by atoms with Crippen LogP contribution < -0.4 is 82.0 Å². The number of carbonyl (C=O) groups is 9. The molecule has 0 radical (unpaired) electrons. The van der Waals surface area contributed by atoms with E-state index in [0.717, 1.165) is 68.5 Å². The number of Topliss-reactive ketones (excluding diaryl/α,β-unsaturated/α-hetero) is 3. The summed E-state index contributed by atoms with van der Waals surface area (Å²) in [6.45, 7) is 16.8. The number of amides is 7. The minimum absolute atomic E-state index is 0.00738. The van der Waals surface area contributed by atoms with Crippen LogP contribution in [-0.2, 0) is 52.6 Å². The second-order valence-corrected chi connectivity index (χ2v) is 38.8. The van der Waals surface area contributed by atoms with Crippen LogP contribution in [0.1, 0.15) is 190 Å². The lowest BCUT2D eigenvalue weighted by molar-refractivity contribution is -0.333. The number of urea groups is 1. The van der Waals surface area contributed by atoms with Crippen molar-refractivity contribution >= 4 is 81.8 Å². The van der Waals surface area contributed by atoms with Gasteiger partial charge in [-0.1, -0.05) is 82.9 Å². The minimum atomic E-state index is -2.30. The van der Waals surface area contributed by atoms with Gasteiger partial charge >= 0.3 is 6.03 Å². The molecule has 2 saturated heterocycles. The van der Waals surface area contributed by atoms with Gasteiger partial charge in [0.15, 0.2) is 52.7 Å². The summed E-state index contributed by atoms with van der Waals surface area (Å²) in [6.07, 6.45) is -16.1. The molecule has 17 rings (SSSR count). The quantitative estimate of drug-likeness (QED) is 0.0182. The van der Waals surface area contributed by atoms with Crippen molar-refractivity contribution in [2.24, 2.45) is 53.1 Å². The minimum Gasteiger partial charge on any atom is -0.508 e. The number of likely N-dealkylation sites (N-methyl/N-ethyl adjacent to an activating group) is 3. The lowest BCUT2D eigenvalue weighted by atomic mass is 9.51. The zero-order chi connectivity index (χ0) is 99.0. The highest BCUT2D eigenvalue weighted by molar-refractivity contribution is 6.32. The molecular formula is C99H126Cl2N10O27. The Labute approximate surface area is 808 Å². The molecule has 39 heteroatoms. The molecule has 0 unspecified atom stereocenters. The number of phenols is 3. The van der Waals surface area contributed by atoms with Gasteiger partial charge in [0.2, 0.25) is 47.3 Å². The first-order chi connectivity index (χ1) is 65.9. The molecule has 138 heavy (non-hydrogen) atoms. The SMILES string of the molecule is CCNCCOc1cc(NC(=O)NC(=O)C[C@@H]2CC(=O)[C@H](NC(=O)[C@H](CC)CC(C)C)[C@H](O)c3ccc(c(Cl)c3)Oc3cc4cc(c3O[C@@H]3O[C@H](CO)[C@@H](O)[C@H](O)[C@H]3O[C@H]3C[C@](C)(N)[C@H](O)[C@H](C)O3)Oc3ccc(cc3Cl)[C@@H](O)[C@@H]3NC(=O)[C@H](CC(=O)[C@@H]4NC2=O)c2ccc(O)c(c2)-c2c(O)cc(O)cc2[C@@H](C(=O)CC2C4CC5CC(C4)CC2C5)NC3=O)cc(OCCNCC)c1OCCNCC. The van der Waals surface area contributed by atoms with E-state index < -0.39 is 233 Å². The van der Waals surface area contributed by atoms with Gasteiger partial charge in [-0.2, -0.15) is 0 Å². The number of aliphatic hydroxyl groups excluding tert-OH is 6. The Hall–Kier alpha value is -10.6. The van der Waals surface area contributed by atoms with Gasteiger partial charge < -0.3 is 137 Å². The van der Waals surface area contributed by atoms with E-state index in [1.54, 1.807) is 6.92 Å². The Kier molecular flexibility index (Phi) is 33.9. The van der Waals surface area contributed by atoms with Crippen LogP contribution in [0.5, 0.6) is 63.2 Å². The van der Waals surface area contributed by atoms with Crippen molar-refractivity contribution in [2.75, 3.05) is 71.0 Å². The van der Waals surface area contributed by atoms with Crippen LogP contribution in [0.15, 0.2) is 91.0 Å². The van der Waals surface area contributed by atoms with E-state index in [1.165, 1.54) is 68.4 Å². The van der Waals surface area contributed by atoms with E-state index in [2.05, 4.69) is 47.9 Å². The summed E-state index contributed by atoms with van der Waals surface area (Å²) in [6, 6.07) is 8.59. The molecule has 0 spiro atoms. The third-order valence-corrected chi connectivity index (χ3v) is 28.0. The summed E-state index contributed by atoms with van der Waals surface area (Å²) in [5, 5.41) is 133. The number of ketones is 3. The molecule has 20 N–H and O–H groups in total. The number of nitrogens with two attached hydrogens (primary N) is 1. The lowest BCUT2D eigenvalue weighted by Crippen LogP contribution is -2.64. The standard InChI is InChI=1S/C99H126Cl2N10O27/c1-9-50(25-46(5)6)93(125)110-83-68(116)34-57(37-78(119)107-98(129)106-58-38-73(130-22-19-103-10-2)89(132-24-21-105-12-4)74(39-58)131-23-20-104-11-3)94(126)108-81-56-35-75(134-71-17-14-52(85(83)120)32-64(71)100)90(138-97-91(88(123)87(122)77(45-112)136-97)137-79-44-99(8,102)92(124)47(7)133-79)76(36-56)135-72-18-15-53(33-65(72)101)86(121)84-96(128)109-82(70(118)42-60-54-27-48-26-49(29-54)30-55(60)28-48)63-40-59(113)41-67(115)80(63)62-31-51(13-16-66(62)114)61(43-69(81)117)95(127)111-84/h13-18,31-33,35-36,38-41,46-50,54-55,57,60-61,77,79,81-88,91-92,97,103-105,112-115,120-124H,9-12,19-30,34,37,42-45,102H2,1-8H3,(H,108,126)(H,109,128)(H,110,125)(H,111,127)(H2,106,107,119,129)/t47-,48?,49?,50+,54?,55?,57-,60?,61+,77+,79-,81+,82-,83-,84-,85+,86+,87+,88-,91+,92+,97-,99-/m0/s1. The number of anilines is 1. The van der Waals surface area contributed by atoms with Crippen molar-refractivity contribution in [3.8, 4) is 74.4 Å². The van der Waals surface area contributed by atoms with Crippen LogP contribution >= 0.6 is 23.2 Å². The van der Waals surface area contributed by atoms with E-state index in [9.17, 15) is 55.5 Å². The van der Waals surface area contributed by atoms with E-state index in [4.69, 9.17) is 71.6 Å². The molecule has 0 aromatic heterocycles. The summed E-state index contributed by atoms with van der Waals surface area (Å²) in [7, 11) is 0. The topological polar surface area (TPSA) is 553 Å². The number of nitrogens with one attached hydrogen (secondary N) is 9. The second kappa shape index (κ2) is 45.3. The molecule has 4 saturated carbocycles. The molecular weight excluding hydrogens is 1830 g/mol. The molecule has 7 aliphatic heterocycles. The van der Waals surface area contributed by atoms with Gasteiger partial charge in [-0.3, -0.25) is 43.7 Å². The number of ether oxygens (including phenoxy) is 9. The van der Waals surface area contributed by atoms with Gasteiger partial charge in [0.25, 0.3) is 0 Å². The molecule has 4 aliphatic carbocycles. The van der Waals surface area contributed by atoms with Gasteiger partial charge in [0.05, 0.1) is 46.4 Å². The normalized spacial score (nSPS) is 28.7. The smallest absolute Gasteiger partial charge is 0.325 e. The van der Waals surface area contributed by atoms with Crippen LogP contribution in [0, 0.1) is 47.3 Å². The highest BCUT2D eigenvalue weighted by Crippen LogP contribution is 2.59. The summed E-state index contributed by atoms with van der Waals surface area (Å²) in [5.74, 6) is -16.3. The fourth-order valence-corrected chi connectivity index (χ4v) is 21.0. The number of aromatic hydroxyl groups is 3. The van der Waals surface area contributed by atoms with E-state index in [-0.39, 0.29) is 136 Å². The molecule has 6 aromatic carbocycles. The number of imide groups is 1. The average Bonchev–Trinajstić information content (AvgIpc) is 0.751. The number of fused-ring (bicyclic) bond motifs is 15. The van der Waals surface area contributed by atoms with Crippen LogP contribution in [0.25, 0.3) is 11.1 Å². The van der Waals surface area contributed by atoms with Crippen molar-refractivity contribution in [3.63, 3.8) is 0 Å². The summed E-state index contributed by atoms with van der Waals surface area (Å²) >= 11 is 14.7. The molecule has 7 heterocycles. The highest BCUT2D eigenvalue weighted by atomic mass is 35.5. The Bertz CT molecular complexity index is 5400. The van der Waals surface area contributed by atoms with Gasteiger partial charge in [0.1, 0.15) is 103 Å². The predicted octanol–water partition coefficient (Wildman–Crippen LogP) is 8.30. The molecule has 11 aliphatic rings. The monoisotopic (exact) mass is 1960 g/mol. The third kappa shape index (κ3) is 23.8. The number of benzene rings is 6. The van der Waals surface area contributed by atoms with Gasteiger partial charge in [-0.25, -0.2) is 4.79 Å². The van der Waals surface area contributed by atoms with E-state index in [0.29, 0.717) is 57.5 Å². The maximum atomic E-state index is 17.0. The molecule has 7 amide bonds. The number of hydrogen-bond acceptors (Lipinski definition) is 31. The van der Waals surface area contributed by atoms with Crippen molar-refractivity contribution in [1.82, 2.24) is 42.5 Å². The summed E-state index contributed by atoms with van der Waals surface area (Å²) in [4.78, 5) is 142. The number of carbonyl (C=O) groups excluding carboxylic acids is 9. The highest BCUT2D eigenvalue weighted by Gasteiger charge is 2.54. The van der Waals surface area contributed by atoms with E-state index >= 15 is 33.6 Å². The first-order valence-electron chi connectivity index (χ1n) is 47.5. The second-order valence-electron chi connectivity index (χ2n) is 37.9. The fraction of sp³-hybridized carbons (Fsp3) is 0.545. The summed E-state index contributed by atoms with van der Waals surface area (Å²) < 4.78 is 58.3. The largest absolute Gasteiger partial charge is 0.508 e. The van der Waals surface area contributed by atoms with Gasteiger partial charge in [-0.05, 0) is 196 Å². The van der Waals surface area contributed by atoms with Crippen LogP contribution in [0.2, 0.25) is 10.0 Å². The maximum Gasteiger partial charge on any atom is 0.325 e. The van der Waals surface area contributed by atoms with Gasteiger partial charge in [0, 0.05) is 92.5 Å². The van der Waals surface area contributed by atoms with Gasteiger partial charge in [-0.15, -0.1) is 0 Å². The Morgan fingerprint density at radius 3 is 1.81 bits per heavy atom. The van der Waals surface area contributed by atoms with E-state index in [1.807, 2.05) is 34.6 Å². The number of halogens is 2. The fourth-order valence-electron chi connectivity index (χ4n) is 20.6. The number of phenolic OH excluding ortho intramolecular Hbond substituents is 3. The summed E-state index contributed by atoms with van der Waals surface area (Å²) in [5.41, 5.74) is 3.46. The van der Waals surface area contributed by atoms with Crippen molar-refractivity contribution in [2.45, 2.75) is 229 Å². The number of rotatable bonds is 31. The third-order valence-electron chi connectivity index (χ3n) is 27.4. The van der Waals surface area contributed by atoms with Crippen molar-refractivity contribution in [3.05, 3.63) is 129 Å². The molecule has 748 valence electrons. The molecule has 18 atom stereocenters. The van der Waals surface area contributed by atoms with Crippen LogP contribution in [0.3, 0.4) is 0 Å². The number of aliphatic hydroxyl groups is 6. The molecule has 15 bridgehead atoms. The maximum absolute atomic E-state index is 17.0. The Morgan fingerprint density at radius 1 is 0.630 bits per heavy atom. The Morgan fingerprint density at radius 2 is 1.23 bits per heavy atom. The first-order valence-corrected chi connectivity index (χ1v) is 48.2. The Balaban J connectivity index is 0.946. The first kappa shape index (κ1) is 103. The number of hydrogen-bond donors (Lipinski definition) is 19. The predicted molar refractivity (Wildman–Crippen MR) is 502 cm³/mol. The molecule has 6 fully saturated rings. The van der Waals surface area contributed by atoms with Crippen LogP contribution in [0.4, 0.5) is 10.5 Å².